The molecule has 4 heteroatoms. The molecule has 2 aliphatic rings. The van der Waals surface area contributed by atoms with Crippen LogP contribution in [0.3, 0.4) is 0 Å². The summed E-state index contributed by atoms with van der Waals surface area (Å²) >= 11 is 0. The van der Waals surface area contributed by atoms with E-state index in [1.54, 1.807) is 0 Å². The van der Waals surface area contributed by atoms with Gasteiger partial charge < -0.3 is 10.6 Å². The molecule has 0 bridgehead atoms. The van der Waals surface area contributed by atoms with Gasteiger partial charge in [-0.05, 0) is 38.6 Å². The molecule has 2 atom stereocenters. The maximum atomic E-state index is 12.6. The Balaban J connectivity index is 1.85. The summed E-state index contributed by atoms with van der Waals surface area (Å²) in [4.78, 5) is 16.9. The largest absolute Gasteiger partial charge is 0.339 e. The van der Waals surface area contributed by atoms with Crippen molar-refractivity contribution in [1.82, 2.24) is 9.80 Å². The zero-order valence-corrected chi connectivity index (χ0v) is 13.2. The van der Waals surface area contributed by atoms with Gasteiger partial charge in [0.25, 0.3) is 0 Å². The van der Waals surface area contributed by atoms with Crippen molar-refractivity contribution in [2.24, 2.45) is 11.7 Å². The van der Waals surface area contributed by atoms with Crippen LogP contribution in [0.4, 0.5) is 0 Å². The van der Waals surface area contributed by atoms with Crippen molar-refractivity contribution in [1.29, 1.82) is 0 Å². The van der Waals surface area contributed by atoms with Crippen LogP contribution in [0.5, 0.6) is 0 Å². The van der Waals surface area contributed by atoms with Gasteiger partial charge in [-0.2, -0.15) is 0 Å². The molecule has 1 amide bonds. The third kappa shape index (κ3) is 3.95. The van der Waals surface area contributed by atoms with Crippen molar-refractivity contribution in [3.63, 3.8) is 0 Å². The van der Waals surface area contributed by atoms with Gasteiger partial charge in [-0.15, -0.1) is 0 Å². The predicted octanol–water partition coefficient (Wildman–Crippen LogP) is 1.84. The topological polar surface area (TPSA) is 49.6 Å². The van der Waals surface area contributed by atoms with Crippen molar-refractivity contribution >= 4 is 5.91 Å². The number of piperidine rings is 1. The molecule has 0 spiro atoms. The fourth-order valence-corrected chi connectivity index (χ4v) is 3.63. The Hall–Kier alpha value is -0.610. The van der Waals surface area contributed by atoms with Crippen LogP contribution >= 0.6 is 0 Å². The van der Waals surface area contributed by atoms with E-state index >= 15 is 0 Å². The van der Waals surface area contributed by atoms with E-state index in [9.17, 15) is 4.79 Å². The number of likely N-dealkylation sites (N-methyl/N-ethyl adjacent to an activating group) is 1. The lowest BCUT2D eigenvalue weighted by Gasteiger charge is -2.38. The van der Waals surface area contributed by atoms with E-state index < -0.39 is 0 Å². The SMILES string of the molecule is CCN(C(=O)CN1CCC(C)C(N)C1)C1CCCCC1. The van der Waals surface area contributed by atoms with Gasteiger partial charge in [-0.25, -0.2) is 0 Å². The molecule has 2 N–H and O–H groups in total. The average molecular weight is 281 g/mol. The average Bonchev–Trinajstić information content (AvgIpc) is 2.45. The number of carbonyl (C=O) groups excluding carboxylic acids is 1. The highest BCUT2D eigenvalue weighted by Crippen LogP contribution is 2.23. The van der Waals surface area contributed by atoms with Gasteiger partial charge in [-0.1, -0.05) is 26.2 Å². The number of hydrogen-bond donors (Lipinski definition) is 1. The van der Waals surface area contributed by atoms with Gasteiger partial charge >= 0.3 is 0 Å². The van der Waals surface area contributed by atoms with Crippen molar-refractivity contribution in [3.8, 4) is 0 Å². The van der Waals surface area contributed by atoms with Gasteiger partial charge in [0.2, 0.25) is 5.91 Å². The van der Waals surface area contributed by atoms with Crippen LogP contribution in [0.2, 0.25) is 0 Å². The van der Waals surface area contributed by atoms with Crippen LogP contribution in [0, 0.1) is 5.92 Å². The lowest BCUT2D eigenvalue weighted by molar-refractivity contribution is -0.135. The zero-order valence-electron chi connectivity index (χ0n) is 13.2. The molecule has 0 aromatic heterocycles. The Morgan fingerprint density at radius 1 is 1.25 bits per heavy atom. The van der Waals surface area contributed by atoms with Gasteiger partial charge in [0.1, 0.15) is 0 Å². The fourth-order valence-electron chi connectivity index (χ4n) is 3.63. The number of rotatable bonds is 4. The molecule has 20 heavy (non-hydrogen) atoms. The number of likely N-dealkylation sites (tertiary alicyclic amines) is 1. The van der Waals surface area contributed by atoms with Crippen LogP contribution < -0.4 is 5.73 Å². The van der Waals surface area contributed by atoms with Gasteiger partial charge in [0.05, 0.1) is 6.54 Å². The van der Waals surface area contributed by atoms with E-state index in [1.165, 1.54) is 32.1 Å². The van der Waals surface area contributed by atoms with Crippen LogP contribution in [0.25, 0.3) is 0 Å². The third-order valence-corrected chi connectivity index (χ3v) is 5.14. The van der Waals surface area contributed by atoms with E-state index in [0.29, 0.717) is 24.4 Å². The molecule has 0 radical (unpaired) electrons. The maximum absolute atomic E-state index is 12.6. The molecule has 0 aromatic carbocycles. The molecule has 1 aliphatic heterocycles. The molecule has 2 fully saturated rings. The molecule has 2 rings (SSSR count). The summed E-state index contributed by atoms with van der Waals surface area (Å²) in [5, 5.41) is 0. The van der Waals surface area contributed by atoms with Crippen LogP contribution in [-0.2, 0) is 4.79 Å². The molecule has 4 nitrogen and oxygen atoms in total. The van der Waals surface area contributed by atoms with E-state index in [0.717, 1.165) is 26.1 Å². The lowest BCUT2D eigenvalue weighted by atomic mass is 9.93. The normalized spacial score (nSPS) is 29.4. The van der Waals surface area contributed by atoms with Gasteiger partial charge in [-0.3, -0.25) is 9.69 Å². The Morgan fingerprint density at radius 2 is 1.95 bits per heavy atom. The number of amides is 1. The Bertz CT molecular complexity index is 315. The van der Waals surface area contributed by atoms with Crippen molar-refractivity contribution in [2.75, 3.05) is 26.2 Å². The van der Waals surface area contributed by atoms with Crippen molar-refractivity contribution in [3.05, 3.63) is 0 Å². The van der Waals surface area contributed by atoms with E-state index in [-0.39, 0.29) is 6.04 Å². The minimum absolute atomic E-state index is 0.223. The van der Waals surface area contributed by atoms with Crippen LogP contribution in [-0.4, -0.2) is 54.0 Å². The van der Waals surface area contributed by atoms with Gasteiger partial charge in [0.15, 0.2) is 0 Å². The molecule has 1 saturated heterocycles. The summed E-state index contributed by atoms with van der Waals surface area (Å²) in [6.45, 7) is 7.61. The first-order valence-corrected chi connectivity index (χ1v) is 8.39. The molecular weight excluding hydrogens is 250 g/mol. The first kappa shape index (κ1) is 15.8. The molecule has 116 valence electrons. The molecule has 1 saturated carbocycles. The Morgan fingerprint density at radius 3 is 2.55 bits per heavy atom. The first-order chi connectivity index (χ1) is 9.61. The van der Waals surface area contributed by atoms with E-state index in [4.69, 9.17) is 5.73 Å². The summed E-state index contributed by atoms with van der Waals surface area (Å²) in [5.74, 6) is 0.892. The third-order valence-electron chi connectivity index (χ3n) is 5.14. The smallest absolute Gasteiger partial charge is 0.236 e. The highest BCUT2D eigenvalue weighted by atomic mass is 16.2. The summed E-state index contributed by atoms with van der Waals surface area (Å²) in [7, 11) is 0. The summed E-state index contributed by atoms with van der Waals surface area (Å²) < 4.78 is 0. The second kappa shape index (κ2) is 7.41. The number of carbonyl (C=O) groups is 1. The first-order valence-electron chi connectivity index (χ1n) is 8.39. The predicted molar refractivity (Wildman–Crippen MR) is 82.5 cm³/mol. The molecular formula is C16H31N3O. The van der Waals surface area contributed by atoms with Crippen molar-refractivity contribution in [2.45, 2.75) is 64.5 Å². The Labute approximate surface area is 123 Å². The van der Waals surface area contributed by atoms with Gasteiger partial charge in [0, 0.05) is 25.2 Å². The summed E-state index contributed by atoms with van der Waals surface area (Å²) in [6, 6.07) is 0.708. The maximum Gasteiger partial charge on any atom is 0.236 e. The minimum atomic E-state index is 0.223. The highest BCUT2D eigenvalue weighted by molar-refractivity contribution is 5.78. The highest BCUT2D eigenvalue weighted by Gasteiger charge is 2.28. The minimum Gasteiger partial charge on any atom is -0.339 e. The monoisotopic (exact) mass is 281 g/mol. The Kier molecular flexibility index (Phi) is 5.85. The second-order valence-electron chi connectivity index (χ2n) is 6.64. The summed E-state index contributed by atoms with van der Waals surface area (Å²) in [5.41, 5.74) is 6.13. The zero-order chi connectivity index (χ0) is 14.5. The molecule has 2 unspecified atom stereocenters. The number of hydrogen-bond acceptors (Lipinski definition) is 3. The molecule has 0 aromatic rings. The molecule has 1 heterocycles. The number of nitrogens with two attached hydrogens (primary N) is 1. The number of nitrogens with zero attached hydrogens (tertiary/aromatic N) is 2. The van der Waals surface area contributed by atoms with Crippen LogP contribution in [0.15, 0.2) is 0 Å². The van der Waals surface area contributed by atoms with Crippen LogP contribution in [0.1, 0.15) is 52.4 Å². The quantitative estimate of drug-likeness (QED) is 0.855. The van der Waals surface area contributed by atoms with E-state index in [1.807, 2.05) is 0 Å². The summed E-state index contributed by atoms with van der Waals surface area (Å²) in [6.07, 6.45) is 7.39. The standard InChI is InChI=1S/C16H31N3O/c1-3-19(14-7-5-4-6-8-14)16(20)12-18-10-9-13(2)15(17)11-18/h13-15H,3-12,17H2,1-2H3. The van der Waals surface area contributed by atoms with Crippen molar-refractivity contribution < 1.29 is 4.79 Å². The molecule has 1 aliphatic carbocycles. The fraction of sp³-hybridized carbons (Fsp3) is 0.938. The lowest BCUT2D eigenvalue weighted by Crippen LogP contribution is -2.52. The second-order valence-corrected chi connectivity index (χ2v) is 6.64. The van der Waals surface area contributed by atoms with E-state index in [2.05, 4.69) is 23.6 Å².